The largest absolute Gasteiger partial charge is 0.367 e. The van der Waals surface area contributed by atoms with Crippen LogP contribution < -0.4 is 0 Å². The molecule has 1 heteroatoms. The van der Waals surface area contributed by atoms with Crippen LogP contribution in [0, 0.1) is 5.92 Å². The Kier molecular flexibility index (Phi) is 3.25. The van der Waals surface area contributed by atoms with Crippen LogP contribution in [0.5, 0.6) is 0 Å². The van der Waals surface area contributed by atoms with E-state index in [1.54, 1.807) is 0 Å². The van der Waals surface area contributed by atoms with Crippen LogP contribution in [0.4, 0.5) is 0 Å². The van der Waals surface area contributed by atoms with Gasteiger partial charge in [0.05, 0.1) is 11.7 Å². The topological polar surface area (TPSA) is 9.23 Å². The first kappa shape index (κ1) is 11.9. The summed E-state index contributed by atoms with van der Waals surface area (Å²) in [6.07, 6.45) is 9.76. The van der Waals surface area contributed by atoms with Crippen LogP contribution in [0.25, 0.3) is 0 Å². The number of rotatable bonds is 1. The Balaban J connectivity index is 2.10. The molecule has 0 bridgehead atoms. The van der Waals surface area contributed by atoms with Gasteiger partial charge in [0.25, 0.3) is 0 Å². The van der Waals surface area contributed by atoms with E-state index in [0.717, 1.165) is 6.42 Å². The summed E-state index contributed by atoms with van der Waals surface area (Å²) in [6.45, 7) is 8.90. The van der Waals surface area contributed by atoms with E-state index in [9.17, 15) is 0 Å². The van der Waals surface area contributed by atoms with Gasteiger partial charge >= 0.3 is 0 Å². The Labute approximate surface area is 99.6 Å². The van der Waals surface area contributed by atoms with E-state index < -0.39 is 0 Å². The van der Waals surface area contributed by atoms with Crippen LogP contribution in [-0.2, 0) is 4.74 Å². The molecule has 0 saturated carbocycles. The first-order chi connectivity index (χ1) is 7.52. The Morgan fingerprint density at radius 1 is 1.50 bits per heavy atom. The van der Waals surface area contributed by atoms with Crippen molar-refractivity contribution in [2.24, 2.45) is 5.92 Å². The van der Waals surface area contributed by atoms with Crippen LogP contribution in [0.3, 0.4) is 0 Å². The second-order valence-corrected chi connectivity index (χ2v) is 5.86. The first-order valence-corrected chi connectivity index (χ1v) is 6.50. The summed E-state index contributed by atoms with van der Waals surface area (Å²) in [7, 11) is 0. The van der Waals surface area contributed by atoms with Crippen LogP contribution in [-0.4, -0.2) is 11.7 Å². The molecule has 2 rings (SSSR count). The minimum absolute atomic E-state index is 0.149. The maximum Gasteiger partial charge on any atom is 0.0769 e. The molecule has 2 aliphatic rings. The van der Waals surface area contributed by atoms with E-state index >= 15 is 0 Å². The van der Waals surface area contributed by atoms with Crippen molar-refractivity contribution in [3.05, 3.63) is 23.3 Å². The van der Waals surface area contributed by atoms with Gasteiger partial charge in [0.15, 0.2) is 0 Å². The van der Waals surface area contributed by atoms with Gasteiger partial charge in [0.1, 0.15) is 0 Å². The second kappa shape index (κ2) is 4.37. The van der Waals surface area contributed by atoms with E-state index in [1.807, 2.05) is 0 Å². The lowest BCUT2D eigenvalue weighted by atomic mass is 9.77. The number of hydrogen-bond acceptors (Lipinski definition) is 1. The van der Waals surface area contributed by atoms with Gasteiger partial charge in [-0.2, -0.15) is 0 Å². The Morgan fingerprint density at radius 2 is 2.25 bits per heavy atom. The molecule has 16 heavy (non-hydrogen) atoms. The molecule has 1 nitrogen and oxygen atoms in total. The summed E-state index contributed by atoms with van der Waals surface area (Å²) in [5.74, 6) is 0.692. The lowest BCUT2D eigenvalue weighted by Gasteiger charge is -2.35. The van der Waals surface area contributed by atoms with Gasteiger partial charge in [-0.15, -0.1) is 0 Å². The van der Waals surface area contributed by atoms with Crippen LogP contribution in [0.15, 0.2) is 23.3 Å². The van der Waals surface area contributed by atoms with Gasteiger partial charge in [0.2, 0.25) is 0 Å². The highest BCUT2D eigenvalue weighted by Gasteiger charge is 2.45. The van der Waals surface area contributed by atoms with Gasteiger partial charge < -0.3 is 4.74 Å². The minimum atomic E-state index is 0.149. The number of ether oxygens (including phenoxy) is 1. The predicted molar refractivity (Wildman–Crippen MR) is 68.4 cm³/mol. The molecule has 1 saturated heterocycles. The van der Waals surface area contributed by atoms with Crippen molar-refractivity contribution >= 4 is 0 Å². The van der Waals surface area contributed by atoms with Gasteiger partial charge in [-0.05, 0) is 52.4 Å². The Morgan fingerprint density at radius 3 is 2.81 bits per heavy atom. The van der Waals surface area contributed by atoms with Crippen molar-refractivity contribution in [2.45, 2.75) is 65.1 Å². The molecule has 0 amide bonds. The molecular weight excluding hydrogens is 196 g/mol. The molecule has 90 valence electrons. The zero-order valence-electron chi connectivity index (χ0n) is 11.0. The van der Waals surface area contributed by atoms with Crippen LogP contribution >= 0.6 is 0 Å². The van der Waals surface area contributed by atoms with E-state index in [4.69, 9.17) is 4.74 Å². The van der Waals surface area contributed by atoms with Crippen molar-refractivity contribution in [2.75, 3.05) is 0 Å². The second-order valence-electron chi connectivity index (χ2n) is 5.86. The average Bonchev–Trinajstić information content (AvgIpc) is 2.48. The van der Waals surface area contributed by atoms with E-state index in [2.05, 4.69) is 39.8 Å². The van der Waals surface area contributed by atoms with Gasteiger partial charge in [-0.3, -0.25) is 0 Å². The lowest BCUT2D eigenvalue weighted by molar-refractivity contribution is -0.0480. The van der Waals surface area contributed by atoms with Crippen molar-refractivity contribution in [1.82, 2.24) is 0 Å². The minimum Gasteiger partial charge on any atom is -0.367 e. The molecule has 3 atom stereocenters. The average molecular weight is 220 g/mol. The molecule has 1 aliphatic heterocycles. The third kappa shape index (κ3) is 2.24. The third-order valence-electron chi connectivity index (χ3n) is 4.13. The number of hydrogen-bond donors (Lipinski definition) is 0. The van der Waals surface area contributed by atoms with Crippen molar-refractivity contribution < 1.29 is 4.74 Å². The standard InChI is InChI=1S/C15H24O/c1-11(2)9-14-10-13(4)15(16-14)7-5-12(3)6-8-15/h5,9,13-14H,6-8,10H2,1-4H3/t13-,14+,15-/m0/s1. The summed E-state index contributed by atoms with van der Waals surface area (Å²) < 4.78 is 6.34. The maximum absolute atomic E-state index is 6.34. The molecule has 0 aromatic rings. The quantitative estimate of drug-likeness (QED) is 0.600. The maximum atomic E-state index is 6.34. The Bertz CT molecular complexity index is 322. The smallest absolute Gasteiger partial charge is 0.0769 e. The van der Waals surface area contributed by atoms with Gasteiger partial charge in [-0.1, -0.05) is 30.2 Å². The van der Waals surface area contributed by atoms with Crippen LogP contribution in [0.1, 0.15) is 53.4 Å². The zero-order chi connectivity index (χ0) is 11.8. The lowest BCUT2D eigenvalue weighted by Crippen LogP contribution is -2.35. The summed E-state index contributed by atoms with van der Waals surface area (Å²) in [6, 6.07) is 0. The van der Waals surface area contributed by atoms with Crippen LogP contribution in [0.2, 0.25) is 0 Å². The van der Waals surface area contributed by atoms with Crippen molar-refractivity contribution in [3.63, 3.8) is 0 Å². The fourth-order valence-electron chi connectivity index (χ4n) is 3.02. The highest BCUT2D eigenvalue weighted by Crippen LogP contribution is 2.45. The predicted octanol–water partition coefficient (Wildman–Crippen LogP) is 4.25. The van der Waals surface area contributed by atoms with Gasteiger partial charge in [0, 0.05) is 0 Å². The molecule has 1 aliphatic carbocycles. The molecular formula is C15H24O. The van der Waals surface area contributed by atoms with Crippen molar-refractivity contribution in [3.8, 4) is 0 Å². The summed E-state index contributed by atoms with van der Waals surface area (Å²) in [5, 5.41) is 0. The molecule has 0 N–H and O–H groups in total. The molecule has 1 heterocycles. The first-order valence-electron chi connectivity index (χ1n) is 6.50. The Hall–Kier alpha value is -0.560. The zero-order valence-corrected chi connectivity index (χ0v) is 11.0. The molecule has 0 radical (unpaired) electrons. The van der Waals surface area contributed by atoms with E-state index in [0.29, 0.717) is 12.0 Å². The SMILES string of the molecule is CC(C)=C[C@@H]1C[C@H](C)[C@@]2(CC=C(C)CC2)O1. The highest BCUT2D eigenvalue weighted by molar-refractivity contribution is 5.13. The summed E-state index contributed by atoms with van der Waals surface area (Å²) in [4.78, 5) is 0. The van der Waals surface area contributed by atoms with E-state index in [-0.39, 0.29) is 5.60 Å². The normalized spacial score (nSPS) is 38.6. The fourth-order valence-corrected chi connectivity index (χ4v) is 3.02. The van der Waals surface area contributed by atoms with Gasteiger partial charge in [-0.25, -0.2) is 0 Å². The summed E-state index contributed by atoms with van der Waals surface area (Å²) >= 11 is 0. The van der Waals surface area contributed by atoms with E-state index in [1.165, 1.54) is 30.4 Å². The highest BCUT2D eigenvalue weighted by atomic mass is 16.5. The number of allylic oxidation sites excluding steroid dienone is 2. The monoisotopic (exact) mass is 220 g/mol. The molecule has 0 aromatic heterocycles. The fraction of sp³-hybridized carbons (Fsp3) is 0.733. The third-order valence-corrected chi connectivity index (χ3v) is 4.13. The summed E-state index contributed by atoms with van der Waals surface area (Å²) in [5.41, 5.74) is 3.06. The molecule has 1 spiro atoms. The van der Waals surface area contributed by atoms with Crippen molar-refractivity contribution in [1.29, 1.82) is 0 Å². The molecule has 1 fully saturated rings. The molecule has 0 aromatic carbocycles. The molecule has 0 unspecified atom stereocenters.